The summed E-state index contributed by atoms with van der Waals surface area (Å²) in [5.41, 5.74) is 5.48. The molecule has 2 aromatic carbocycles. The lowest BCUT2D eigenvalue weighted by atomic mass is 9.63. The minimum Gasteiger partial charge on any atom is -0.497 e. The molecule has 174 valence electrons. The zero-order valence-corrected chi connectivity index (χ0v) is 21.2. The number of fused-ring (bicyclic) bond motifs is 7. The molecule has 2 unspecified atom stereocenters. The summed E-state index contributed by atoms with van der Waals surface area (Å²) in [6, 6.07) is 9.95. The predicted octanol–water partition coefficient (Wildman–Crippen LogP) is 5.83. The molecule has 2 heterocycles. The Morgan fingerprint density at radius 3 is 2.29 bits per heavy atom. The molecule has 1 amide bonds. The van der Waals surface area contributed by atoms with Gasteiger partial charge in [-0.25, -0.2) is 15.0 Å². The van der Waals surface area contributed by atoms with Crippen molar-refractivity contribution in [1.29, 1.82) is 0 Å². The van der Waals surface area contributed by atoms with E-state index in [0.717, 1.165) is 51.2 Å². The monoisotopic (exact) mass is 472 g/mol. The standard InChI is InChI=1S/C27H28N4O2S/c1-14-11-18-19(12-15(14)2)29-22-21(28-18)26(5)9-10-27(22,25(26,3)4)23(32)31-24-30-17-8-7-16(33-6)13-20(17)34-24/h7-8,11-13H,9-10H2,1-6H3,(H,30,31,32). The fourth-order valence-electron chi connectivity index (χ4n) is 6.15. The molecule has 1 N–H and O–H groups in total. The van der Waals surface area contributed by atoms with Crippen LogP contribution < -0.4 is 10.1 Å². The summed E-state index contributed by atoms with van der Waals surface area (Å²) in [7, 11) is 1.65. The highest BCUT2D eigenvalue weighted by atomic mass is 32.1. The summed E-state index contributed by atoms with van der Waals surface area (Å²) in [5.74, 6) is 0.737. The van der Waals surface area contributed by atoms with Gasteiger partial charge in [0, 0.05) is 5.41 Å². The first-order valence-electron chi connectivity index (χ1n) is 11.7. The topological polar surface area (TPSA) is 77.0 Å². The zero-order chi connectivity index (χ0) is 24.0. The quantitative estimate of drug-likeness (QED) is 0.406. The van der Waals surface area contributed by atoms with Crippen LogP contribution in [0.3, 0.4) is 0 Å². The fraction of sp³-hybridized carbons (Fsp3) is 0.407. The Morgan fingerprint density at radius 1 is 0.941 bits per heavy atom. The van der Waals surface area contributed by atoms with E-state index in [1.54, 1.807) is 7.11 Å². The molecule has 2 atom stereocenters. The second-order valence-electron chi connectivity index (χ2n) is 10.5. The Balaban J connectivity index is 1.48. The number of anilines is 1. The van der Waals surface area contributed by atoms with Crippen molar-refractivity contribution in [3.63, 3.8) is 0 Å². The van der Waals surface area contributed by atoms with Crippen molar-refractivity contribution in [2.75, 3.05) is 12.4 Å². The van der Waals surface area contributed by atoms with Crippen molar-refractivity contribution in [3.05, 3.63) is 52.8 Å². The van der Waals surface area contributed by atoms with Crippen molar-refractivity contribution >= 4 is 43.6 Å². The zero-order valence-electron chi connectivity index (χ0n) is 20.4. The van der Waals surface area contributed by atoms with Gasteiger partial charge in [0.05, 0.1) is 45.2 Å². The van der Waals surface area contributed by atoms with E-state index in [9.17, 15) is 4.79 Å². The highest BCUT2D eigenvalue weighted by Crippen LogP contribution is 2.70. The van der Waals surface area contributed by atoms with Crippen molar-refractivity contribution in [1.82, 2.24) is 15.0 Å². The van der Waals surface area contributed by atoms with E-state index in [1.807, 2.05) is 18.2 Å². The molecule has 4 aromatic rings. The summed E-state index contributed by atoms with van der Waals surface area (Å²) >= 11 is 1.46. The van der Waals surface area contributed by atoms with Crippen LogP contribution in [-0.2, 0) is 15.6 Å². The number of hydrogen-bond acceptors (Lipinski definition) is 6. The van der Waals surface area contributed by atoms with Gasteiger partial charge in [0.15, 0.2) is 5.13 Å². The van der Waals surface area contributed by atoms with Gasteiger partial charge in [-0.05, 0) is 73.6 Å². The van der Waals surface area contributed by atoms with Gasteiger partial charge in [0.2, 0.25) is 5.91 Å². The third-order valence-corrected chi connectivity index (χ3v) is 9.79. The Bertz CT molecular complexity index is 1520. The number of ether oxygens (including phenoxy) is 1. The van der Waals surface area contributed by atoms with Crippen LogP contribution >= 0.6 is 11.3 Å². The van der Waals surface area contributed by atoms with E-state index in [0.29, 0.717) is 5.13 Å². The molecule has 1 saturated carbocycles. The number of aromatic nitrogens is 3. The maximum Gasteiger partial charge on any atom is 0.239 e. The first-order chi connectivity index (χ1) is 16.1. The fourth-order valence-corrected chi connectivity index (χ4v) is 7.04. The second-order valence-corrected chi connectivity index (χ2v) is 11.5. The molecular formula is C27H28N4O2S. The van der Waals surface area contributed by atoms with E-state index < -0.39 is 5.41 Å². The molecule has 0 radical (unpaired) electrons. The van der Waals surface area contributed by atoms with Crippen LogP contribution in [0, 0.1) is 19.3 Å². The van der Waals surface area contributed by atoms with Crippen LogP contribution in [0.5, 0.6) is 5.75 Å². The lowest BCUT2D eigenvalue weighted by Gasteiger charge is -2.39. The first kappa shape index (κ1) is 21.5. The molecule has 6 rings (SSSR count). The van der Waals surface area contributed by atoms with Gasteiger partial charge in [0.1, 0.15) is 5.75 Å². The minimum atomic E-state index is -0.757. The molecule has 34 heavy (non-hydrogen) atoms. The van der Waals surface area contributed by atoms with E-state index in [-0.39, 0.29) is 16.7 Å². The van der Waals surface area contributed by atoms with E-state index in [2.05, 4.69) is 57.1 Å². The molecule has 2 aliphatic carbocycles. The summed E-state index contributed by atoms with van der Waals surface area (Å²) in [5, 5.41) is 3.77. The number of nitrogens with zero attached hydrogens (tertiary/aromatic N) is 3. The third-order valence-electron chi connectivity index (χ3n) is 8.86. The van der Waals surface area contributed by atoms with Crippen LogP contribution in [-0.4, -0.2) is 28.0 Å². The van der Waals surface area contributed by atoms with Crippen molar-refractivity contribution in [2.45, 2.75) is 58.3 Å². The second kappa shape index (κ2) is 6.75. The highest BCUT2D eigenvalue weighted by Gasteiger charge is 2.73. The van der Waals surface area contributed by atoms with Gasteiger partial charge >= 0.3 is 0 Å². The summed E-state index contributed by atoms with van der Waals surface area (Å²) in [6.07, 6.45) is 1.65. The molecule has 0 saturated heterocycles. The first-order valence-corrected chi connectivity index (χ1v) is 12.5. The number of methoxy groups -OCH3 is 1. The van der Waals surface area contributed by atoms with Crippen molar-refractivity contribution < 1.29 is 9.53 Å². The molecular weight excluding hydrogens is 444 g/mol. The number of amides is 1. The molecule has 7 heteroatoms. The van der Waals surface area contributed by atoms with Gasteiger partial charge in [-0.15, -0.1) is 0 Å². The smallest absolute Gasteiger partial charge is 0.239 e. The Labute approximate surface area is 202 Å². The van der Waals surface area contributed by atoms with Crippen LogP contribution in [0.1, 0.15) is 56.1 Å². The lowest BCUT2D eigenvalue weighted by Crippen LogP contribution is -2.48. The highest BCUT2D eigenvalue weighted by molar-refractivity contribution is 7.22. The van der Waals surface area contributed by atoms with E-state index >= 15 is 0 Å². The minimum absolute atomic E-state index is 0.0384. The maximum atomic E-state index is 14.1. The molecule has 2 bridgehead atoms. The van der Waals surface area contributed by atoms with Crippen LogP contribution in [0.15, 0.2) is 30.3 Å². The summed E-state index contributed by atoms with van der Waals surface area (Å²) in [4.78, 5) is 29.1. The predicted molar refractivity (Wildman–Crippen MR) is 136 cm³/mol. The van der Waals surface area contributed by atoms with Gasteiger partial charge in [-0.1, -0.05) is 32.1 Å². The molecule has 2 aromatic heterocycles. The van der Waals surface area contributed by atoms with Gasteiger partial charge in [-0.3, -0.25) is 4.79 Å². The summed E-state index contributed by atoms with van der Waals surface area (Å²) in [6.45, 7) is 10.8. The number of rotatable bonds is 3. The van der Waals surface area contributed by atoms with Crippen LogP contribution in [0.2, 0.25) is 0 Å². The Kier molecular flexibility index (Phi) is 4.26. The summed E-state index contributed by atoms with van der Waals surface area (Å²) < 4.78 is 6.32. The van der Waals surface area contributed by atoms with Crippen LogP contribution in [0.4, 0.5) is 5.13 Å². The SMILES string of the molecule is COc1ccc2nc(NC(=O)C34CCC(C)(c5nc6cc(C)c(C)cc6nc53)C4(C)C)sc2c1. The molecule has 2 aliphatic rings. The average Bonchev–Trinajstić information content (AvgIpc) is 3.33. The number of aryl methyl sites for hydroxylation is 2. The normalized spacial score (nSPS) is 24.5. The Morgan fingerprint density at radius 2 is 1.62 bits per heavy atom. The number of benzene rings is 2. The Hall–Kier alpha value is -3.06. The number of nitrogens with one attached hydrogen (secondary N) is 1. The van der Waals surface area contributed by atoms with Gasteiger partial charge in [0.25, 0.3) is 0 Å². The largest absolute Gasteiger partial charge is 0.497 e. The van der Waals surface area contributed by atoms with E-state index in [1.165, 1.54) is 22.5 Å². The number of thiazole rings is 1. The average molecular weight is 473 g/mol. The lowest BCUT2D eigenvalue weighted by molar-refractivity contribution is -0.125. The third kappa shape index (κ3) is 2.51. The molecule has 0 spiro atoms. The molecule has 6 nitrogen and oxygen atoms in total. The number of hydrogen-bond donors (Lipinski definition) is 1. The molecule has 0 aliphatic heterocycles. The van der Waals surface area contributed by atoms with Crippen molar-refractivity contribution in [3.8, 4) is 5.75 Å². The van der Waals surface area contributed by atoms with Crippen molar-refractivity contribution in [2.24, 2.45) is 5.41 Å². The van der Waals surface area contributed by atoms with Gasteiger partial charge in [-0.2, -0.15) is 0 Å². The van der Waals surface area contributed by atoms with Gasteiger partial charge < -0.3 is 10.1 Å². The number of carbonyl (C=O) groups excluding carboxylic acids is 1. The maximum absolute atomic E-state index is 14.1. The van der Waals surface area contributed by atoms with E-state index in [4.69, 9.17) is 14.7 Å². The number of carbonyl (C=O) groups is 1. The molecule has 1 fully saturated rings. The van der Waals surface area contributed by atoms with Crippen LogP contribution in [0.25, 0.3) is 21.3 Å².